The van der Waals surface area contributed by atoms with Crippen molar-refractivity contribution in [3.05, 3.63) is 34.9 Å². The van der Waals surface area contributed by atoms with Gasteiger partial charge in [-0.2, -0.15) is 0 Å². The van der Waals surface area contributed by atoms with E-state index in [2.05, 4.69) is 5.32 Å². The van der Waals surface area contributed by atoms with Crippen LogP contribution in [0.3, 0.4) is 0 Å². The van der Waals surface area contributed by atoms with Crippen LogP contribution in [0.15, 0.2) is 24.3 Å². The molecule has 1 nitrogen and oxygen atoms in total. The van der Waals surface area contributed by atoms with Crippen LogP contribution in [0.2, 0.25) is 5.02 Å². The van der Waals surface area contributed by atoms with E-state index in [1.807, 2.05) is 24.3 Å². The maximum absolute atomic E-state index is 5.97. The van der Waals surface area contributed by atoms with E-state index in [9.17, 15) is 0 Å². The van der Waals surface area contributed by atoms with Gasteiger partial charge < -0.3 is 5.32 Å². The Morgan fingerprint density at radius 3 is 2.69 bits per heavy atom. The highest BCUT2D eigenvalue weighted by Crippen LogP contribution is 2.13. The molecule has 0 radical (unpaired) electrons. The van der Waals surface area contributed by atoms with Crippen molar-refractivity contribution in [1.82, 2.24) is 5.32 Å². The number of nitrogens with one attached hydrogen (secondary N) is 1. The molecule has 0 saturated heterocycles. The highest BCUT2D eigenvalue weighted by Gasteiger charge is 1.96. The van der Waals surface area contributed by atoms with Gasteiger partial charge in [-0.3, -0.25) is 0 Å². The molecular weight excluding hydrogens is 205 g/mol. The molecule has 1 N–H and O–H groups in total. The van der Waals surface area contributed by atoms with E-state index < -0.39 is 0 Å². The van der Waals surface area contributed by atoms with E-state index in [1.54, 1.807) is 0 Å². The van der Waals surface area contributed by atoms with E-state index in [0.29, 0.717) is 5.88 Å². The number of halogens is 2. The summed E-state index contributed by atoms with van der Waals surface area (Å²) < 4.78 is 0. The zero-order valence-electron chi connectivity index (χ0n) is 7.39. The van der Waals surface area contributed by atoms with Crippen molar-refractivity contribution in [2.75, 3.05) is 12.4 Å². The average Bonchev–Trinajstić information content (AvgIpc) is 2.15. The second-order valence-electron chi connectivity index (χ2n) is 2.81. The maximum Gasteiger partial charge on any atom is 0.0450 e. The summed E-state index contributed by atoms with van der Waals surface area (Å²) in [6.45, 7) is 1.76. The van der Waals surface area contributed by atoms with Gasteiger partial charge in [-0.1, -0.05) is 29.8 Å². The van der Waals surface area contributed by atoms with Crippen molar-refractivity contribution in [3.8, 4) is 0 Å². The van der Waals surface area contributed by atoms with Crippen LogP contribution in [0.25, 0.3) is 0 Å². The van der Waals surface area contributed by atoms with Crippen molar-refractivity contribution in [1.29, 1.82) is 0 Å². The fourth-order valence-electron chi connectivity index (χ4n) is 1.06. The number of rotatable bonds is 5. The standard InChI is InChI=1S/C10H13Cl2N/c11-6-3-7-13-8-9-4-1-2-5-10(9)12/h1-2,4-5,13H,3,6-8H2. The summed E-state index contributed by atoms with van der Waals surface area (Å²) in [5.41, 5.74) is 1.14. The molecule has 0 saturated carbocycles. The minimum Gasteiger partial charge on any atom is -0.313 e. The molecule has 3 heteroatoms. The van der Waals surface area contributed by atoms with Crippen LogP contribution in [-0.4, -0.2) is 12.4 Å². The Hall–Kier alpha value is -0.240. The molecule has 72 valence electrons. The molecule has 0 aliphatic heterocycles. The molecule has 0 aliphatic carbocycles. The predicted molar refractivity (Wildman–Crippen MR) is 58.5 cm³/mol. The molecule has 1 aromatic rings. The predicted octanol–water partition coefficient (Wildman–Crippen LogP) is 3.06. The lowest BCUT2D eigenvalue weighted by Gasteiger charge is -2.04. The third kappa shape index (κ3) is 3.99. The molecule has 1 rings (SSSR count). The second-order valence-corrected chi connectivity index (χ2v) is 3.60. The quantitative estimate of drug-likeness (QED) is 0.591. The van der Waals surface area contributed by atoms with Crippen LogP contribution in [0.4, 0.5) is 0 Å². The fourth-order valence-corrected chi connectivity index (χ4v) is 1.39. The topological polar surface area (TPSA) is 12.0 Å². The first-order valence-corrected chi connectivity index (χ1v) is 5.26. The molecule has 0 bridgehead atoms. The minimum atomic E-state index is 0.704. The lowest BCUT2D eigenvalue weighted by molar-refractivity contribution is 0.678. The molecule has 0 spiro atoms. The molecule has 0 atom stereocenters. The van der Waals surface area contributed by atoms with E-state index in [1.165, 1.54) is 0 Å². The zero-order valence-corrected chi connectivity index (χ0v) is 8.91. The molecule has 13 heavy (non-hydrogen) atoms. The number of hydrogen-bond donors (Lipinski definition) is 1. The summed E-state index contributed by atoms with van der Waals surface area (Å²) in [5.74, 6) is 0.704. The normalized spacial score (nSPS) is 10.3. The van der Waals surface area contributed by atoms with Gasteiger partial charge in [0.2, 0.25) is 0 Å². The highest BCUT2D eigenvalue weighted by atomic mass is 35.5. The van der Waals surface area contributed by atoms with E-state index in [-0.39, 0.29) is 0 Å². The van der Waals surface area contributed by atoms with Gasteiger partial charge in [0.25, 0.3) is 0 Å². The van der Waals surface area contributed by atoms with Crippen LogP contribution in [-0.2, 0) is 6.54 Å². The van der Waals surface area contributed by atoms with Crippen molar-refractivity contribution >= 4 is 23.2 Å². The monoisotopic (exact) mass is 217 g/mol. The fraction of sp³-hybridized carbons (Fsp3) is 0.400. The van der Waals surface area contributed by atoms with E-state index >= 15 is 0 Å². The van der Waals surface area contributed by atoms with Crippen LogP contribution < -0.4 is 5.32 Å². The van der Waals surface area contributed by atoms with Gasteiger partial charge in [0.15, 0.2) is 0 Å². The summed E-state index contributed by atoms with van der Waals surface area (Å²) in [4.78, 5) is 0. The molecule has 0 aromatic heterocycles. The molecule has 0 aliphatic rings. The van der Waals surface area contributed by atoms with E-state index in [4.69, 9.17) is 23.2 Å². The molecule has 0 heterocycles. The Morgan fingerprint density at radius 1 is 1.23 bits per heavy atom. The Bertz CT molecular complexity index is 250. The van der Waals surface area contributed by atoms with Crippen LogP contribution in [0, 0.1) is 0 Å². The summed E-state index contributed by atoms with van der Waals surface area (Å²) in [6, 6.07) is 7.85. The van der Waals surface area contributed by atoms with Gasteiger partial charge in [0.1, 0.15) is 0 Å². The molecule has 1 aromatic carbocycles. The molecule has 0 unspecified atom stereocenters. The first kappa shape index (κ1) is 10.8. The summed E-state index contributed by atoms with van der Waals surface area (Å²) >= 11 is 11.5. The van der Waals surface area contributed by atoms with Gasteiger partial charge in [0, 0.05) is 17.4 Å². The second kappa shape index (κ2) is 6.25. The smallest absolute Gasteiger partial charge is 0.0450 e. The van der Waals surface area contributed by atoms with Gasteiger partial charge in [-0.05, 0) is 24.6 Å². The first-order chi connectivity index (χ1) is 6.34. The number of benzene rings is 1. The number of alkyl halides is 1. The summed E-state index contributed by atoms with van der Waals surface area (Å²) in [5, 5.41) is 4.09. The third-order valence-electron chi connectivity index (χ3n) is 1.76. The Kier molecular flexibility index (Phi) is 5.21. The van der Waals surface area contributed by atoms with Crippen LogP contribution >= 0.6 is 23.2 Å². The van der Waals surface area contributed by atoms with Crippen LogP contribution in [0.5, 0.6) is 0 Å². The average molecular weight is 218 g/mol. The Morgan fingerprint density at radius 2 is 2.00 bits per heavy atom. The van der Waals surface area contributed by atoms with Crippen molar-refractivity contribution < 1.29 is 0 Å². The lowest BCUT2D eigenvalue weighted by Crippen LogP contribution is -2.15. The van der Waals surface area contributed by atoms with Gasteiger partial charge in [0.05, 0.1) is 0 Å². The molecule has 0 amide bonds. The molecular formula is C10H13Cl2N. The first-order valence-electron chi connectivity index (χ1n) is 4.34. The largest absolute Gasteiger partial charge is 0.313 e. The van der Waals surface area contributed by atoms with Gasteiger partial charge >= 0.3 is 0 Å². The van der Waals surface area contributed by atoms with Crippen LogP contribution in [0.1, 0.15) is 12.0 Å². The van der Waals surface area contributed by atoms with Crippen molar-refractivity contribution in [3.63, 3.8) is 0 Å². The van der Waals surface area contributed by atoms with Crippen molar-refractivity contribution in [2.24, 2.45) is 0 Å². The number of hydrogen-bond acceptors (Lipinski definition) is 1. The van der Waals surface area contributed by atoms with Crippen molar-refractivity contribution in [2.45, 2.75) is 13.0 Å². The zero-order chi connectivity index (χ0) is 9.52. The highest BCUT2D eigenvalue weighted by molar-refractivity contribution is 6.31. The Balaban J connectivity index is 2.32. The lowest BCUT2D eigenvalue weighted by atomic mass is 10.2. The SMILES string of the molecule is ClCCCNCc1ccccc1Cl. The minimum absolute atomic E-state index is 0.704. The molecule has 0 fully saturated rings. The third-order valence-corrected chi connectivity index (χ3v) is 2.40. The van der Waals surface area contributed by atoms with Gasteiger partial charge in [-0.15, -0.1) is 11.6 Å². The Labute approximate surface area is 89.0 Å². The van der Waals surface area contributed by atoms with E-state index in [0.717, 1.165) is 30.1 Å². The summed E-state index contributed by atoms with van der Waals surface area (Å²) in [6.07, 6.45) is 0.992. The van der Waals surface area contributed by atoms with Gasteiger partial charge in [-0.25, -0.2) is 0 Å². The summed E-state index contributed by atoms with van der Waals surface area (Å²) in [7, 11) is 0. The maximum atomic E-state index is 5.97.